The van der Waals surface area contributed by atoms with Crippen LogP contribution in [0.15, 0.2) is 18.2 Å². The van der Waals surface area contributed by atoms with Crippen LogP contribution in [0, 0.1) is 0 Å². The van der Waals surface area contributed by atoms with E-state index in [0.29, 0.717) is 23.6 Å². The summed E-state index contributed by atoms with van der Waals surface area (Å²) in [5, 5.41) is 0. The number of carbonyl (C=O) groups excluding carboxylic acids is 1. The summed E-state index contributed by atoms with van der Waals surface area (Å²) in [4.78, 5) is 13.6. The van der Waals surface area contributed by atoms with E-state index in [0.717, 1.165) is 13.0 Å². The number of methoxy groups -OCH3 is 1. The lowest BCUT2D eigenvalue weighted by atomic mass is 10.2. The Labute approximate surface area is 107 Å². The molecule has 5 nitrogen and oxygen atoms in total. The first-order valence-electron chi connectivity index (χ1n) is 5.80. The Morgan fingerprint density at radius 3 is 2.72 bits per heavy atom. The molecule has 1 rings (SSSR count). The molecule has 18 heavy (non-hydrogen) atoms. The van der Waals surface area contributed by atoms with Crippen molar-refractivity contribution >= 4 is 11.7 Å². The van der Waals surface area contributed by atoms with Gasteiger partial charge in [0.15, 0.2) is 0 Å². The van der Waals surface area contributed by atoms with Crippen molar-refractivity contribution in [2.75, 3.05) is 40.1 Å². The Morgan fingerprint density at radius 1 is 1.39 bits per heavy atom. The summed E-state index contributed by atoms with van der Waals surface area (Å²) in [6.07, 6.45) is 0.887. The lowest BCUT2D eigenvalue weighted by Gasteiger charge is -2.12. The maximum absolute atomic E-state index is 11.6. The van der Waals surface area contributed by atoms with E-state index in [1.807, 2.05) is 14.1 Å². The van der Waals surface area contributed by atoms with Gasteiger partial charge >= 0.3 is 5.97 Å². The molecule has 0 atom stereocenters. The van der Waals surface area contributed by atoms with Crippen molar-refractivity contribution in [1.29, 1.82) is 0 Å². The fourth-order valence-corrected chi connectivity index (χ4v) is 1.51. The number of benzene rings is 1. The van der Waals surface area contributed by atoms with E-state index in [-0.39, 0.29) is 0 Å². The van der Waals surface area contributed by atoms with Crippen LogP contribution < -0.4 is 10.5 Å². The number of nitrogens with two attached hydrogens (primary N) is 1. The minimum absolute atomic E-state index is 0.363. The van der Waals surface area contributed by atoms with E-state index in [9.17, 15) is 4.79 Å². The highest BCUT2D eigenvalue weighted by atomic mass is 16.5. The zero-order chi connectivity index (χ0) is 13.5. The summed E-state index contributed by atoms with van der Waals surface area (Å²) in [7, 11) is 5.34. The monoisotopic (exact) mass is 252 g/mol. The number of esters is 1. The summed E-state index contributed by atoms with van der Waals surface area (Å²) in [6, 6.07) is 4.96. The predicted molar refractivity (Wildman–Crippen MR) is 70.9 cm³/mol. The first kappa shape index (κ1) is 14.3. The summed E-state index contributed by atoms with van der Waals surface area (Å²) < 4.78 is 10.3. The number of hydrogen-bond acceptors (Lipinski definition) is 5. The highest BCUT2D eigenvalue weighted by molar-refractivity contribution is 5.93. The van der Waals surface area contributed by atoms with Crippen molar-refractivity contribution in [3.05, 3.63) is 23.8 Å². The Hall–Kier alpha value is -1.75. The molecule has 0 radical (unpaired) electrons. The van der Waals surface area contributed by atoms with Crippen LogP contribution >= 0.6 is 0 Å². The molecule has 0 aliphatic heterocycles. The van der Waals surface area contributed by atoms with Crippen LogP contribution in [0.2, 0.25) is 0 Å². The highest BCUT2D eigenvalue weighted by Gasteiger charge is 2.13. The van der Waals surface area contributed by atoms with Gasteiger partial charge in [0.1, 0.15) is 11.3 Å². The summed E-state index contributed by atoms with van der Waals surface area (Å²) in [6.45, 7) is 1.48. The molecule has 0 amide bonds. The Morgan fingerprint density at radius 2 is 2.11 bits per heavy atom. The van der Waals surface area contributed by atoms with E-state index in [1.165, 1.54) is 7.11 Å². The molecule has 0 fully saturated rings. The first-order valence-corrected chi connectivity index (χ1v) is 5.80. The second kappa shape index (κ2) is 6.86. The third-order valence-electron chi connectivity index (χ3n) is 2.42. The van der Waals surface area contributed by atoms with E-state index in [4.69, 9.17) is 15.2 Å². The molecule has 1 aromatic rings. The molecule has 0 heterocycles. The van der Waals surface area contributed by atoms with Gasteiger partial charge in [0.05, 0.1) is 13.7 Å². The van der Waals surface area contributed by atoms with Crippen molar-refractivity contribution in [3.63, 3.8) is 0 Å². The van der Waals surface area contributed by atoms with E-state index in [1.54, 1.807) is 18.2 Å². The highest BCUT2D eigenvalue weighted by Crippen LogP contribution is 2.22. The van der Waals surface area contributed by atoms with Crippen molar-refractivity contribution in [3.8, 4) is 5.75 Å². The van der Waals surface area contributed by atoms with Gasteiger partial charge in [-0.2, -0.15) is 0 Å². The predicted octanol–water partition coefficient (Wildman–Crippen LogP) is 1.39. The maximum atomic E-state index is 11.6. The maximum Gasteiger partial charge on any atom is 0.341 e. The van der Waals surface area contributed by atoms with Gasteiger partial charge in [-0.05, 0) is 38.7 Å². The zero-order valence-corrected chi connectivity index (χ0v) is 11.1. The zero-order valence-electron chi connectivity index (χ0n) is 11.1. The van der Waals surface area contributed by atoms with Crippen molar-refractivity contribution in [2.45, 2.75) is 6.42 Å². The smallest absolute Gasteiger partial charge is 0.341 e. The quantitative estimate of drug-likeness (QED) is 0.471. The van der Waals surface area contributed by atoms with Crippen molar-refractivity contribution < 1.29 is 14.3 Å². The molecule has 0 aliphatic carbocycles. The normalized spacial score (nSPS) is 10.4. The third-order valence-corrected chi connectivity index (χ3v) is 2.42. The number of nitrogens with zero attached hydrogens (tertiary/aromatic N) is 1. The molecular weight excluding hydrogens is 232 g/mol. The Bertz CT molecular complexity index is 405. The molecule has 2 N–H and O–H groups in total. The van der Waals surface area contributed by atoms with Gasteiger partial charge in [-0.15, -0.1) is 0 Å². The molecule has 5 heteroatoms. The molecule has 0 spiro atoms. The second-order valence-corrected chi connectivity index (χ2v) is 4.25. The Balaban J connectivity index is 2.66. The number of nitrogen functional groups attached to an aromatic ring is 1. The van der Waals surface area contributed by atoms with Gasteiger partial charge in [-0.3, -0.25) is 0 Å². The fourth-order valence-electron chi connectivity index (χ4n) is 1.51. The van der Waals surface area contributed by atoms with Crippen LogP contribution in [0.4, 0.5) is 5.69 Å². The van der Waals surface area contributed by atoms with Gasteiger partial charge in [0.25, 0.3) is 0 Å². The SMILES string of the molecule is COC(=O)c1cc(N)ccc1OCCCN(C)C. The van der Waals surface area contributed by atoms with Crippen LogP contribution in [0.1, 0.15) is 16.8 Å². The average Bonchev–Trinajstić information content (AvgIpc) is 2.34. The van der Waals surface area contributed by atoms with Gasteiger partial charge in [0.2, 0.25) is 0 Å². The minimum atomic E-state index is -0.440. The van der Waals surface area contributed by atoms with Crippen molar-refractivity contribution in [1.82, 2.24) is 4.90 Å². The molecule has 1 aromatic carbocycles. The number of anilines is 1. The number of rotatable bonds is 6. The summed E-state index contributed by atoms with van der Waals surface area (Å²) in [5.74, 6) is 0.0692. The topological polar surface area (TPSA) is 64.8 Å². The first-order chi connectivity index (χ1) is 8.54. The largest absolute Gasteiger partial charge is 0.493 e. The number of ether oxygens (including phenoxy) is 2. The summed E-state index contributed by atoms with van der Waals surface area (Å²) >= 11 is 0. The van der Waals surface area contributed by atoms with Crippen molar-refractivity contribution in [2.24, 2.45) is 0 Å². The lowest BCUT2D eigenvalue weighted by molar-refractivity contribution is 0.0596. The molecule has 0 unspecified atom stereocenters. The summed E-state index contributed by atoms with van der Waals surface area (Å²) in [5.41, 5.74) is 6.52. The lowest BCUT2D eigenvalue weighted by Crippen LogP contribution is -2.16. The van der Waals surface area contributed by atoms with Gasteiger partial charge in [-0.1, -0.05) is 0 Å². The molecule has 100 valence electrons. The van der Waals surface area contributed by atoms with E-state index in [2.05, 4.69) is 4.90 Å². The average molecular weight is 252 g/mol. The molecule has 0 saturated carbocycles. The van der Waals surface area contributed by atoms with Gasteiger partial charge in [-0.25, -0.2) is 4.79 Å². The van der Waals surface area contributed by atoms with Crippen LogP contribution in [-0.2, 0) is 4.74 Å². The molecular formula is C13H20N2O3. The molecule has 0 aliphatic rings. The van der Waals surface area contributed by atoms with Crippen LogP contribution in [0.25, 0.3) is 0 Å². The number of carbonyl (C=O) groups is 1. The molecule has 0 aromatic heterocycles. The van der Waals surface area contributed by atoms with Gasteiger partial charge in [0, 0.05) is 12.2 Å². The standard InChI is InChI=1S/C13H20N2O3/c1-15(2)7-4-8-18-12-6-5-10(14)9-11(12)13(16)17-3/h5-6,9H,4,7-8,14H2,1-3H3. The Kier molecular flexibility index (Phi) is 5.45. The van der Waals surface area contributed by atoms with Gasteiger partial charge < -0.3 is 20.1 Å². The third kappa shape index (κ3) is 4.25. The van der Waals surface area contributed by atoms with Crippen LogP contribution in [0.3, 0.4) is 0 Å². The van der Waals surface area contributed by atoms with Crippen LogP contribution in [0.5, 0.6) is 5.75 Å². The minimum Gasteiger partial charge on any atom is -0.493 e. The fraction of sp³-hybridized carbons (Fsp3) is 0.462. The second-order valence-electron chi connectivity index (χ2n) is 4.25. The molecule has 0 bridgehead atoms. The van der Waals surface area contributed by atoms with Crippen LogP contribution in [-0.4, -0.2) is 45.2 Å². The van der Waals surface area contributed by atoms with E-state index < -0.39 is 5.97 Å². The van der Waals surface area contributed by atoms with E-state index >= 15 is 0 Å². The molecule has 0 saturated heterocycles. The number of hydrogen-bond donors (Lipinski definition) is 1.